The van der Waals surface area contributed by atoms with Crippen molar-refractivity contribution in [3.05, 3.63) is 48.4 Å². The van der Waals surface area contributed by atoms with Gasteiger partial charge in [0, 0.05) is 38.3 Å². The van der Waals surface area contributed by atoms with E-state index in [9.17, 15) is 4.79 Å². The van der Waals surface area contributed by atoms with E-state index in [0.29, 0.717) is 31.3 Å². The third-order valence-corrected chi connectivity index (χ3v) is 4.78. The molecule has 24 heavy (non-hydrogen) atoms. The summed E-state index contributed by atoms with van der Waals surface area (Å²) in [7, 11) is 1.89. The molecule has 126 valence electrons. The van der Waals surface area contributed by atoms with Crippen LogP contribution in [-0.2, 0) is 11.8 Å². The van der Waals surface area contributed by atoms with Crippen molar-refractivity contribution in [1.82, 2.24) is 14.5 Å². The Balaban J connectivity index is 1.37. The third-order valence-electron chi connectivity index (χ3n) is 4.78. The first-order chi connectivity index (χ1) is 11.7. The molecule has 2 aromatic heterocycles. The van der Waals surface area contributed by atoms with Crippen LogP contribution in [-0.4, -0.2) is 51.8 Å². The molecule has 2 fully saturated rings. The van der Waals surface area contributed by atoms with Crippen LogP contribution in [0.15, 0.2) is 42.7 Å². The van der Waals surface area contributed by atoms with Gasteiger partial charge >= 0.3 is 0 Å². The average molecular weight is 327 g/mol. The van der Waals surface area contributed by atoms with Crippen LogP contribution in [0.5, 0.6) is 5.88 Å². The number of hydrogen-bond acceptors (Lipinski definition) is 4. The lowest BCUT2D eigenvalue weighted by Gasteiger charge is -2.52. The number of carbonyl (C=O) groups excluding carboxylic acids is 1. The SMILES string of the molecule is Cn1cccc1C(=O)N1CC2(C[C@@H](Oc3ccccn3)CCO2)C1. The Morgan fingerprint density at radius 1 is 1.33 bits per heavy atom. The Morgan fingerprint density at radius 2 is 2.21 bits per heavy atom. The van der Waals surface area contributed by atoms with E-state index in [4.69, 9.17) is 9.47 Å². The standard InChI is InChI=1S/C18H21N3O3/c1-20-9-4-5-15(20)17(22)21-12-18(13-21)11-14(7-10-23-18)24-16-6-2-3-8-19-16/h2-6,8-9,14H,7,10-13H2,1H3/t14-/m0/s1. The minimum Gasteiger partial charge on any atom is -0.474 e. The Labute approximate surface area is 141 Å². The fourth-order valence-corrected chi connectivity index (χ4v) is 3.53. The van der Waals surface area contributed by atoms with Gasteiger partial charge in [0.1, 0.15) is 17.4 Å². The summed E-state index contributed by atoms with van der Waals surface area (Å²) in [5.74, 6) is 0.708. The molecule has 0 saturated carbocycles. The molecule has 1 atom stereocenters. The maximum atomic E-state index is 12.5. The van der Waals surface area contributed by atoms with E-state index >= 15 is 0 Å². The summed E-state index contributed by atoms with van der Waals surface area (Å²) in [6.07, 6.45) is 5.34. The monoisotopic (exact) mass is 327 g/mol. The highest BCUT2D eigenvalue weighted by Crippen LogP contribution is 2.36. The normalized spacial score (nSPS) is 22.2. The number of nitrogens with zero attached hydrogens (tertiary/aromatic N) is 3. The first kappa shape index (κ1) is 15.2. The zero-order valence-corrected chi connectivity index (χ0v) is 13.7. The zero-order chi connectivity index (χ0) is 16.6. The molecule has 0 N–H and O–H groups in total. The molecule has 4 heterocycles. The van der Waals surface area contributed by atoms with Crippen LogP contribution in [0.4, 0.5) is 0 Å². The van der Waals surface area contributed by atoms with E-state index in [1.54, 1.807) is 6.20 Å². The molecule has 1 spiro atoms. The van der Waals surface area contributed by atoms with Crippen LogP contribution in [0.25, 0.3) is 0 Å². The van der Waals surface area contributed by atoms with Crippen LogP contribution in [0.3, 0.4) is 0 Å². The number of carbonyl (C=O) groups is 1. The molecule has 2 aliphatic heterocycles. The second-order valence-electron chi connectivity index (χ2n) is 6.60. The molecule has 2 aliphatic rings. The molecule has 0 aliphatic carbocycles. The molecule has 6 heteroatoms. The van der Waals surface area contributed by atoms with E-state index in [2.05, 4.69) is 4.98 Å². The Kier molecular flexibility index (Phi) is 3.76. The van der Waals surface area contributed by atoms with Gasteiger partial charge in [0.15, 0.2) is 0 Å². The quantitative estimate of drug-likeness (QED) is 0.864. The lowest BCUT2D eigenvalue weighted by Crippen LogP contribution is -2.67. The first-order valence-electron chi connectivity index (χ1n) is 8.27. The van der Waals surface area contributed by atoms with Gasteiger partial charge < -0.3 is 18.9 Å². The van der Waals surface area contributed by atoms with Gasteiger partial charge in [-0.3, -0.25) is 4.79 Å². The molecule has 2 aromatic rings. The van der Waals surface area contributed by atoms with Gasteiger partial charge in [-0.25, -0.2) is 4.98 Å². The van der Waals surface area contributed by atoms with Crippen molar-refractivity contribution < 1.29 is 14.3 Å². The van der Waals surface area contributed by atoms with Crippen molar-refractivity contribution in [3.63, 3.8) is 0 Å². The number of aryl methyl sites for hydroxylation is 1. The third kappa shape index (κ3) is 2.78. The molecule has 4 rings (SSSR count). The second kappa shape index (κ2) is 5.94. The maximum absolute atomic E-state index is 12.5. The van der Waals surface area contributed by atoms with Crippen LogP contribution in [0.2, 0.25) is 0 Å². The van der Waals surface area contributed by atoms with Crippen molar-refractivity contribution in [2.75, 3.05) is 19.7 Å². The topological polar surface area (TPSA) is 56.6 Å². The largest absolute Gasteiger partial charge is 0.474 e. The number of likely N-dealkylation sites (tertiary alicyclic amines) is 1. The number of aromatic nitrogens is 2. The van der Waals surface area contributed by atoms with Gasteiger partial charge in [-0.05, 0) is 18.2 Å². The number of rotatable bonds is 3. The summed E-state index contributed by atoms with van der Waals surface area (Å²) >= 11 is 0. The van der Waals surface area contributed by atoms with Crippen LogP contribution in [0.1, 0.15) is 23.3 Å². The van der Waals surface area contributed by atoms with Crippen LogP contribution < -0.4 is 4.74 Å². The van der Waals surface area contributed by atoms with E-state index in [1.807, 2.05) is 53.0 Å². The van der Waals surface area contributed by atoms with Gasteiger partial charge in [-0.2, -0.15) is 0 Å². The van der Waals surface area contributed by atoms with Crippen molar-refractivity contribution in [2.45, 2.75) is 24.5 Å². The lowest BCUT2D eigenvalue weighted by atomic mass is 9.84. The van der Waals surface area contributed by atoms with Gasteiger partial charge in [0.25, 0.3) is 5.91 Å². The average Bonchev–Trinajstić information content (AvgIpc) is 2.99. The molecule has 0 bridgehead atoms. The second-order valence-corrected chi connectivity index (χ2v) is 6.60. The number of hydrogen-bond donors (Lipinski definition) is 0. The molecule has 1 amide bonds. The minimum atomic E-state index is -0.265. The molecule has 0 unspecified atom stereocenters. The summed E-state index contributed by atoms with van der Waals surface area (Å²) in [5.41, 5.74) is 0.445. The molecule has 6 nitrogen and oxygen atoms in total. The Hall–Kier alpha value is -2.34. The predicted octanol–water partition coefficient (Wildman–Crippen LogP) is 1.87. The smallest absolute Gasteiger partial charge is 0.270 e. The zero-order valence-electron chi connectivity index (χ0n) is 13.7. The summed E-state index contributed by atoms with van der Waals surface area (Å²) in [6.45, 7) is 1.90. The van der Waals surface area contributed by atoms with Crippen molar-refractivity contribution in [3.8, 4) is 5.88 Å². The van der Waals surface area contributed by atoms with Crippen molar-refractivity contribution in [2.24, 2.45) is 7.05 Å². The van der Waals surface area contributed by atoms with E-state index in [-0.39, 0.29) is 17.6 Å². The first-order valence-corrected chi connectivity index (χ1v) is 8.27. The number of amides is 1. The summed E-state index contributed by atoms with van der Waals surface area (Å²) in [6, 6.07) is 9.39. The lowest BCUT2D eigenvalue weighted by molar-refractivity contribution is -0.174. The van der Waals surface area contributed by atoms with E-state index < -0.39 is 0 Å². The van der Waals surface area contributed by atoms with E-state index in [1.165, 1.54) is 0 Å². The predicted molar refractivity (Wildman–Crippen MR) is 87.9 cm³/mol. The molecular formula is C18H21N3O3. The van der Waals surface area contributed by atoms with Gasteiger partial charge in [0.2, 0.25) is 5.88 Å². The molecule has 0 aromatic carbocycles. The molecular weight excluding hydrogens is 306 g/mol. The van der Waals surface area contributed by atoms with Gasteiger partial charge in [0.05, 0.1) is 19.7 Å². The molecule has 0 radical (unpaired) electrons. The summed E-state index contributed by atoms with van der Waals surface area (Å²) < 4.78 is 13.8. The Bertz CT molecular complexity index is 722. The van der Waals surface area contributed by atoms with Gasteiger partial charge in [-0.1, -0.05) is 6.07 Å². The Morgan fingerprint density at radius 3 is 2.92 bits per heavy atom. The van der Waals surface area contributed by atoms with Gasteiger partial charge in [-0.15, -0.1) is 0 Å². The maximum Gasteiger partial charge on any atom is 0.270 e. The minimum absolute atomic E-state index is 0.0597. The van der Waals surface area contributed by atoms with Crippen molar-refractivity contribution >= 4 is 5.91 Å². The summed E-state index contributed by atoms with van der Waals surface area (Å²) in [4.78, 5) is 18.6. The highest BCUT2D eigenvalue weighted by atomic mass is 16.5. The summed E-state index contributed by atoms with van der Waals surface area (Å²) in [5, 5.41) is 0. The number of ether oxygens (including phenoxy) is 2. The molecule has 2 saturated heterocycles. The van der Waals surface area contributed by atoms with E-state index in [0.717, 1.165) is 12.8 Å². The van der Waals surface area contributed by atoms with Crippen LogP contribution in [0, 0.1) is 0 Å². The highest BCUT2D eigenvalue weighted by molar-refractivity contribution is 5.93. The number of pyridine rings is 1. The fraction of sp³-hybridized carbons (Fsp3) is 0.444. The highest BCUT2D eigenvalue weighted by Gasteiger charge is 2.50. The van der Waals surface area contributed by atoms with Crippen molar-refractivity contribution in [1.29, 1.82) is 0 Å². The van der Waals surface area contributed by atoms with Crippen LogP contribution >= 0.6 is 0 Å². The fourth-order valence-electron chi connectivity index (χ4n) is 3.53.